The van der Waals surface area contributed by atoms with E-state index in [1.54, 1.807) is 39.5 Å². The minimum atomic E-state index is -1.12. The van der Waals surface area contributed by atoms with Crippen LogP contribution in [-0.4, -0.2) is 71.5 Å². The first-order chi connectivity index (χ1) is 14.1. The highest BCUT2D eigenvalue weighted by atomic mass is 32.2. The monoisotopic (exact) mass is 444 g/mol. The summed E-state index contributed by atoms with van der Waals surface area (Å²) >= 11 is 1.56. The number of aliphatic carboxylic acids is 1. The Morgan fingerprint density at radius 1 is 1.00 bits per heavy atom. The highest BCUT2D eigenvalue weighted by Gasteiger charge is 2.33. The highest BCUT2D eigenvalue weighted by molar-refractivity contribution is 7.98. The predicted octanol–water partition coefficient (Wildman–Crippen LogP) is 0.343. The Bertz CT molecular complexity index is 608. The predicted molar refractivity (Wildman–Crippen MR) is 117 cm³/mol. The van der Waals surface area contributed by atoms with Crippen LogP contribution in [0.4, 0.5) is 0 Å². The number of hydrogen-bond acceptors (Lipinski definition) is 6. The lowest BCUT2D eigenvalue weighted by molar-refractivity contribution is -0.143. The van der Waals surface area contributed by atoms with E-state index in [0.29, 0.717) is 12.2 Å². The van der Waals surface area contributed by atoms with Crippen molar-refractivity contribution in [2.24, 2.45) is 11.8 Å². The first-order valence-electron chi connectivity index (χ1n) is 10.4. The SMILES string of the molecule is CSCCC(NC(=O)C1CCCN1)C(=O)NC(C(=O)NC(C(=O)O)C(C)C)C(C)C. The van der Waals surface area contributed by atoms with Gasteiger partial charge in [-0.3, -0.25) is 14.4 Å². The van der Waals surface area contributed by atoms with E-state index in [9.17, 15) is 24.3 Å². The Hall–Kier alpha value is -1.81. The number of nitrogens with one attached hydrogen (secondary N) is 4. The van der Waals surface area contributed by atoms with E-state index in [4.69, 9.17) is 0 Å². The van der Waals surface area contributed by atoms with Crippen LogP contribution >= 0.6 is 11.8 Å². The summed E-state index contributed by atoms with van der Waals surface area (Å²) in [6.45, 7) is 7.72. The second kappa shape index (κ2) is 12.8. The van der Waals surface area contributed by atoms with Crippen LogP contribution in [0.15, 0.2) is 0 Å². The molecule has 0 aliphatic carbocycles. The number of amides is 3. The van der Waals surface area contributed by atoms with Gasteiger partial charge < -0.3 is 26.4 Å². The fourth-order valence-electron chi connectivity index (χ4n) is 3.23. The zero-order chi connectivity index (χ0) is 22.8. The van der Waals surface area contributed by atoms with Crippen molar-refractivity contribution in [2.75, 3.05) is 18.6 Å². The molecule has 30 heavy (non-hydrogen) atoms. The van der Waals surface area contributed by atoms with Crippen molar-refractivity contribution in [3.8, 4) is 0 Å². The van der Waals surface area contributed by atoms with Crippen LogP contribution in [0.25, 0.3) is 0 Å². The van der Waals surface area contributed by atoms with Gasteiger partial charge in [0.2, 0.25) is 17.7 Å². The van der Waals surface area contributed by atoms with Gasteiger partial charge in [0.05, 0.1) is 6.04 Å². The third-order valence-corrected chi connectivity index (χ3v) is 5.74. The van der Waals surface area contributed by atoms with Crippen LogP contribution in [0, 0.1) is 11.8 Å². The lowest BCUT2D eigenvalue weighted by Crippen LogP contribution is -2.59. The summed E-state index contributed by atoms with van der Waals surface area (Å²) < 4.78 is 0. The zero-order valence-corrected chi connectivity index (χ0v) is 19.3. The molecule has 1 fully saturated rings. The van der Waals surface area contributed by atoms with E-state index in [2.05, 4.69) is 21.3 Å². The van der Waals surface area contributed by atoms with Gasteiger partial charge in [0.25, 0.3) is 0 Å². The molecule has 0 radical (unpaired) electrons. The summed E-state index contributed by atoms with van der Waals surface area (Å²) in [6.07, 6.45) is 3.99. The Morgan fingerprint density at radius 2 is 1.60 bits per heavy atom. The maximum Gasteiger partial charge on any atom is 0.326 e. The van der Waals surface area contributed by atoms with Gasteiger partial charge >= 0.3 is 5.97 Å². The second-order valence-electron chi connectivity index (χ2n) is 8.29. The molecule has 1 aliphatic rings. The molecule has 1 heterocycles. The first kappa shape index (κ1) is 26.2. The normalized spacial score (nSPS) is 19.2. The number of carboxylic acids is 1. The molecule has 0 aromatic rings. The van der Waals surface area contributed by atoms with E-state index in [1.165, 1.54) is 0 Å². The first-order valence-corrected chi connectivity index (χ1v) is 11.8. The fourth-order valence-corrected chi connectivity index (χ4v) is 3.70. The largest absolute Gasteiger partial charge is 0.480 e. The molecule has 0 bridgehead atoms. The molecule has 1 saturated heterocycles. The fraction of sp³-hybridized carbons (Fsp3) is 0.800. The molecule has 3 amide bonds. The number of hydrogen-bond donors (Lipinski definition) is 5. The average molecular weight is 445 g/mol. The molecule has 172 valence electrons. The van der Waals surface area contributed by atoms with E-state index in [0.717, 1.165) is 19.4 Å². The average Bonchev–Trinajstić information content (AvgIpc) is 3.20. The Balaban J connectivity index is 2.85. The summed E-state index contributed by atoms with van der Waals surface area (Å²) in [5.41, 5.74) is 0. The minimum absolute atomic E-state index is 0.218. The van der Waals surface area contributed by atoms with Gasteiger partial charge in [-0.15, -0.1) is 0 Å². The van der Waals surface area contributed by atoms with Gasteiger partial charge in [-0.05, 0) is 49.7 Å². The number of carbonyl (C=O) groups is 4. The molecule has 1 rings (SSSR count). The summed E-state index contributed by atoms with van der Waals surface area (Å²) in [5, 5.41) is 20.5. The van der Waals surface area contributed by atoms with Gasteiger partial charge in [0, 0.05) is 0 Å². The van der Waals surface area contributed by atoms with Crippen LogP contribution in [-0.2, 0) is 19.2 Å². The lowest BCUT2D eigenvalue weighted by atomic mass is 9.99. The van der Waals surface area contributed by atoms with Crippen molar-refractivity contribution in [1.82, 2.24) is 21.3 Å². The smallest absolute Gasteiger partial charge is 0.326 e. The quantitative estimate of drug-likeness (QED) is 0.293. The third kappa shape index (κ3) is 8.14. The maximum atomic E-state index is 12.9. The molecule has 0 aromatic carbocycles. The summed E-state index contributed by atoms with van der Waals surface area (Å²) in [7, 11) is 0. The van der Waals surface area contributed by atoms with Gasteiger partial charge in [-0.2, -0.15) is 11.8 Å². The molecule has 0 spiro atoms. The van der Waals surface area contributed by atoms with Crippen molar-refractivity contribution in [2.45, 2.75) is 71.1 Å². The van der Waals surface area contributed by atoms with Crippen LogP contribution in [0.1, 0.15) is 47.0 Å². The highest BCUT2D eigenvalue weighted by Crippen LogP contribution is 2.10. The number of carboxylic acid groups (broad SMARTS) is 1. The number of thioether (sulfide) groups is 1. The topological polar surface area (TPSA) is 137 Å². The molecule has 10 heteroatoms. The van der Waals surface area contributed by atoms with Crippen LogP contribution in [0.3, 0.4) is 0 Å². The van der Waals surface area contributed by atoms with Gasteiger partial charge in [-0.1, -0.05) is 27.7 Å². The molecule has 9 nitrogen and oxygen atoms in total. The summed E-state index contributed by atoms with van der Waals surface area (Å²) in [6, 6.07) is -3.02. The zero-order valence-electron chi connectivity index (χ0n) is 18.5. The molecule has 0 saturated carbocycles. The van der Waals surface area contributed by atoms with Crippen LogP contribution in [0.5, 0.6) is 0 Å². The lowest BCUT2D eigenvalue weighted by Gasteiger charge is -2.27. The van der Waals surface area contributed by atoms with Gasteiger partial charge in [0.15, 0.2) is 0 Å². The maximum absolute atomic E-state index is 12.9. The van der Waals surface area contributed by atoms with Crippen molar-refractivity contribution in [3.63, 3.8) is 0 Å². The molecule has 0 aromatic heterocycles. The van der Waals surface area contributed by atoms with E-state index >= 15 is 0 Å². The standard InChI is InChI=1S/C20H36N4O5S/c1-11(2)15(19(27)24-16(12(3)4)20(28)29)23-18(26)14(8-10-30-5)22-17(25)13-7-6-9-21-13/h11-16,21H,6-10H2,1-5H3,(H,22,25)(H,23,26)(H,24,27)(H,28,29). The number of carbonyl (C=O) groups excluding carboxylic acids is 3. The molecular weight excluding hydrogens is 408 g/mol. The summed E-state index contributed by atoms with van der Waals surface area (Å²) in [4.78, 5) is 49.5. The van der Waals surface area contributed by atoms with Gasteiger partial charge in [-0.25, -0.2) is 4.79 Å². The van der Waals surface area contributed by atoms with E-state index in [1.807, 2.05) is 6.26 Å². The van der Waals surface area contributed by atoms with Crippen LogP contribution in [0.2, 0.25) is 0 Å². The Labute approximate surface area is 182 Å². The minimum Gasteiger partial charge on any atom is -0.480 e. The molecule has 1 aliphatic heterocycles. The second-order valence-corrected chi connectivity index (χ2v) is 9.28. The molecule has 4 atom stereocenters. The van der Waals surface area contributed by atoms with Gasteiger partial charge in [0.1, 0.15) is 18.1 Å². The van der Waals surface area contributed by atoms with E-state index < -0.39 is 35.9 Å². The number of rotatable bonds is 12. The Kier molecular flexibility index (Phi) is 11.2. The van der Waals surface area contributed by atoms with Crippen LogP contribution < -0.4 is 21.3 Å². The molecule has 4 unspecified atom stereocenters. The Morgan fingerprint density at radius 3 is 2.07 bits per heavy atom. The van der Waals surface area contributed by atoms with Crippen molar-refractivity contribution in [3.05, 3.63) is 0 Å². The molecular formula is C20H36N4O5S. The molecule has 5 N–H and O–H groups in total. The van der Waals surface area contributed by atoms with Crippen molar-refractivity contribution in [1.29, 1.82) is 0 Å². The van der Waals surface area contributed by atoms with Crippen molar-refractivity contribution >= 4 is 35.5 Å². The third-order valence-electron chi connectivity index (χ3n) is 5.10. The van der Waals surface area contributed by atoms with E-state index in [-0.39, 0.29) is 23.8 Å². The van der Waals surface area contributed by atoms with Crippen molar-refractivity contribution < 1.29 is 24.3 Å². The summed E-state index contributed by atoms with van der Waals surface area (Å²) in [5.74, 6) is -2.23.